The van der Waals surface area contributed by atoms with E-state index in [0.717, 1.165) is 33.4 Å². The van der Waals surface area contributed by atoms with Gasteiger partial charge in [-0.25, -0.2) is 4.90 Å². The van der Waals surface area contributed by atoms with Crippen LogP contribution in [-0.2, 0) is 19.8 Å². The van der Waals surface area contributed by atoms with Gasteiger partial charge in [-0.15, -0.1) is 0 Å². The highest BCUT2D eigenvalue weighted by Gasteiger charge is 2.68. The predicted octanol–water partition coefficient (Wildman–Crippen LogP) is 3.35. The molecule has 1 fully saturated rings. The number of ether oxygens (including phenoxy) is 1. The SMILES string of the molecule is COc1cc([N+](=O)[O-])ccc1N1C(=O)[C@@H]2C3c4ccccc4C(C=O)(c4ccccc43)[C@@H]2C1=O. The van der Waals surface area contributed by atoms with E-state index in [1.807, 2.05) is 48.5 Å². The number of aldehydes is 1. The number of benzene rings is 3. The molecule has 1 saturated heterocycles. The van der Waals surface area contributed by atoms with E-state index in [9.17, 15) is 24.5 Å². The number of nitrogens with zero attached hydrogens (tertiary/aromatic N) is 2. The molecule has 168 valence electrons. The summed E-state index contributed by atoms with van der Waals surface area (Å²) in [5.41, 5.74) is 1.83. The van der Waals surface area contributed by atoms with E-state index in [1.54, 1.807) is 0 Å². The van der Waals surface area contributed by atoms with Crippen LogP contribution in [0.5, 0.6) is 5.75 Å². The largest absolute Gasteiger partial charge is 0.494 e. The second kappa shape index (κ2) is 6.84. The quantitative estimate of drug-likeness (QED) is 0.259. The Morgan fingerprint density at radius 1 is 0.971 bits per heavy atom. The lowest BCUT2D eigenvalue weighted by Crippen LogP contribution is -2.54. The third-order valence-corrected chi connectivity index (χ3v) is 7.48. The molecule has 0 radical (unpaired) electrons. The highest BCUT2D eigenvalue weighted by atomic mass is 16.6. The summed E-state index contributed by atoms with van der Waals surface area (Å²) in [5, 5.41) is 11.2. The van der Waals surface area contributed by atoms with Crippen LogP contribution >= 0.6 is 0 Å². The molecule has 3 aliphatic carbocycles. The summed E-state index contributed by atoms with van der Waals surface area (Å²) in [6.45, 7) is 0. The van der Waals surface area contributed by atoms with Crippen LogP contribution < -0.4 is 9.64 Å². The number of hydrogen-bond donors (Lipinski definition) is 0. The maximum absolute atomic E-state index is 14.0. The third kappa shape index (κ3) is 2.24. The molecule has 2 atom stereocenters. The van der Waals surface area contributed by atoms with Gasteiger partial charge in [0.1, 0.15) is 12.0 Å². The monoisotopic (exact) mass is 454 g/mol. The lowest BCUT2D eigenvalue weighted by atomic mass is 9.48. The minimum absolute atomic E-state index is 0.0390. The molecule has 1 aliphatic heterocycles. The zero-order valence-corrected chi connectivity index (χ0v) is 18.0. The van der Waals surface area contributed by atoms with Gasteiger partial charge in [-0.1, -0.05) is 48.5 Å². The van der Waals surface area contributed by atoms with Crippen molar-refractivity contribution < 1.29 is 24.0 Å². The molecule has 2 amide bonds. The van der Waals surface area contributed by atoms with Gasteiger partial charge in [-0.2, -0.15) is 0 Å². The maximum Gasteiger partial charge on any atom is 0.273 e. The Morgan fingerprint density at radius 3 is 2.15 bits per heavy atom. The molecule has 3 aromatic carbocycles. The van der Waals surface area contributed by atoms with Crippen LogP contribution in [0.1, 0.15) is 28.2 Å². The molecule has 4 aliphatic rings. The van der Waals surface area contributed by atoms with E-state index in [0.29, 0.717) is 0 Å². The van der Waals surface area contributed by atoms with Gasteiger partial charge in [0.2, 0.25) is 11.8 Å². The summed E-state index contributed by atoms with van der Waals surface area (Å²) in [5.74, 6) is -3.00. The second-order valence-corrected chi connectivity index (χ2v) is 8.77. The van der Waals surface area contributed by atoms with Crippen LogP contribution in [0, 0.1) is 22.0 Å². The average Bonchev–Trinajstić information content (AvgIpc) is 3.14. The topological polar surface area (TPSA) is 107 Å². The third-order valence-electron chi connectivity index (χ3n) is 7.48. The fourth-order valence-electron chi connectivity index (χ4n) is 6.23. The van der Waals surface area contributed by atoms with Crippen molar-refractivity contribution in [3.8, 4) is 5.75 Å². The van der Waals surface area contributed by atoms with Crippen molar-refractivity contribution in [1.82, 2.24) is 0 Å². The summed E-state index contributed by atoms with van der Waals surface area (Å²) in [6, 6.07) is 18.7. The highest BCUT2D eigenvalue weighted by molar-refractivity contribution is 6.25. The predicted molar refractivity (Wildman–Crippen MR) is 121 cm³/mol. The number of nitro groups is 1. The molecule has 8 heteroatoms. The minimum atomic E-state index is -1.30. The average molecular weight is 454 g/mol. The summed E-state index contributed by atoms with van der Waals surface area (Å²) < 4.78 is 5.32. The van der Waals surface area contributed by atoms with Gasteiger partial charge in [0, 0.05) is 12.0 Å². The standard InChI is InChI=1S/C26H18N2O6/c1-34-20-12-14(28(32)33)10-11-19(20)27-24(30)22-21-15-6-2-4-8-17(15)26(13-29,23(22)25(27)31)18-9-5-3-7-16(18)21/h2-13,21-23H,1H3/t21?,22-,23+,26?/m1/s1. The Kier molecular flexibility index (Phi) is 4.08. The van der Waals surface area contributed by atoms with Crippen LogP contribution in [0.25, 0.3) is 0 Å². The number of carbonyl (C=O) groups excluding carboxylic acids is 3. The Morgan fingerprint density at radius 2 is 1.59 bits per heavy atom. The molecule has 34 heavy (non-hydrogen) atoms. The van der Waals surface area contributed by atoms with Crippen molar-refractivity contribution in [2.45, 2.75) is 11.3 Å². The normalized spacial score (nSPS) is 26.0. The zero-order chi connectivity index (χ0) is 23.8. The lowest BCUT2D eigenvalue weighted by molar-refractivity contribution is -0.384. The maximum atomic E-state index is 14.0. The fraction of sp³-hybridized carbons (Fsp3) is 0.192. The van der Waals surface area contributed by atoms with Crippen LogP contribution in [0.3, 0.4) is 0 Å². The van der Waals surface area contributed by atoms with E-state index in [-0.39, 0.29) is 23.0 Å². The van der Waals surface area contributed by atoms with Gasteiger partial charge >= 0.3 is 0 Å². The first-order chi connectivity index (χ1) is 16.5. The van der Waals surface area contributed by atoms with E-state index in [4.69, 9.17) is 4.74 Å². The summed E-state index contributed by atoms with van der Waals surface area (Å²) in [4.78, 5) is 52.5. The van der Waals surface area contributed by atoms with Crippen molar-refractivity contribution in [1.29, 1.82) is 0 Å². The van der Waals surface area contributed by atoms with Gasteiger partial charge in [-0.3, -0.25) is 19.7 Å². The number of anilines is 1. The Balaban J connectivity index is 1.60. The van der Waals surface area contributed by atoms with Crippen molar-refractivity contribution in [2.24, 2.45) is 11.8 Å². The molecular formula is C26H18N2O6. The van der Waals surface area contributed by atoms with E-state index >= 15 is 0 Å². The Bertz CT molecular complexity index is 1380. The van der Waals surface area contributed by atoms with Crippen molar-refractivity contribution >= 4 is 29.5 Å². The molecule has 0 N–H and O–H groups in total. The van der Waals surface area contributed by atoms with Crippen molar-refractivity contribution in [2.75, 3.05) is 12.0 Å². The first-order valence-corrected chi connectivity index (χ1v) is 10.8. The minimum Gasteiger partial charge on any atom is -0.494 e. The molecule has 3 aromatic rings. The fourth-order valence-corrected chi connectivity index (χ4v) is 6.23. The number of hydrogen-bond acceptors (Lipinski definition) is 6. The molecule has 0 saturated carbocycles. The molecule has 8 nitrogen and oxygen atoms in total. The number of amides is 2. The van der Waals surface area contributed by atoms with Gasteiger partial charge in [0.15, 0.2) is 0 Å². The Hall–Kier alpha value is -4.33. The summed E-state index contributed by atoms with van der Waals surface area (Å²) in [7, 11) is 1.32. The van der Waals surface area contributed by atoms with Gasteiger partial charge in [-0.05, 0) is 28.3 Å². The number of imide groups is 1. The molecule has 0 unspecified atom stereocenters. The zero-order valence-electron chi connectivity index (χ0n) is 18.0. The van der Waals surface area contributed by atoms with E-state index < -0.39 is 34.0 Å². The number of carbonyl (C=O) groups is 3. The van der Waals surface area contributed by atoms with Crippen LogP contribution in [0.2, 0.25) is 0 Å². The Labute approximate surface area is 193 Å². The van der Waals surface area contributed by atoms with Gasteiger partial charge in [0.25, 0.3) is 5.69 Å². The molecule has 1 heterocycles. The number of methoxy groups -OCH3 is 1. The molecule has 0 aromatic heterocycles. The molecule has 7 rings (SSSR count). The first-order valence-electron chi connectivity index (χ1n) is 10.8. The second-order valence-electron chi connectivity index (χ2n) is 8.77. The number of non-ortho nitro benzene ring substituents is 1. The smallest absolute Gasteiger partial charge is 0.273 e. The highest BCUT2D eigenvalue weighted by Crippen LogP contribution is 2.63. The first kappa shape index (κ1) is 20.3. The van der Waals surface area contributed by atoms with Crippen LogP contribution in [-0.4, -0.2) is 30.1 Å². The molecular weight excluding hydrogens is 436 g/mol. The van der Waals surface area contributed by atoms with Gasteiger partial charge in [0.05, 0.1) is 41.0 Å². The molecule has 2 bridgehead atoms. The van der Waals surface area contributed by atoms with E-state index in [2.05, 4.69) is 0 Å². The van der Waals surface area contributed by atoms with Gasteiger partial charge < -0.3 is 9.53 Å². The summed E-state index contributed by atoms with van der Waals surface area (Å²) in [6.07, 6.45) is 0.805. The number of nitro benzene ring substituents is 1. The number of rotatable bonds is 4. The lowest BCUT2D eigenvalue weighted by Gasteiger charge is -2.51. The van der Waals surface area contributed by atoms with Crippen LogP contribution in [0.4, 0.5) is 11.4 Å². The summed E-state index contributed by atoms with van der Waals surface area (Å²) >= 11 is 0. The van der Waals surface area contributed by atoms with E-state index in [1.165, 1.54) is 25.3 Å². The van der Waals surface area contributed by atoms with Crippen LogP contribution in [0.15, 0.2) is 66.7 Å². The molecule has 0 spiro atoms. The van der Waals surface area contributed by atoms with Crippen molar-refractivity contribution in [3.05, 3.63) is 99.1 Å². The van der Waals surface area contributed by atoms with Crippen molar-refractivity contribution in [3.63, 3.8) is 0 Å².